The molecule has 0 aromatic heterocycles. The molecule has 0 aliphatic heterocycles. The molecule has 0 aliphatic carbocycles. The lowest BCUT2D eigenvalue weighted by Crippen LogP contribution is -1.94. The van der Waals surface area contributed by atoms with Crippen LogP contribution in [-0.4, -0.2) is 10.2 Å². The van der Waals surface area contributed by atoms with Crippen LogP contribution in [0.2, 0.25) is 0 Å². The van der Waals surface area contributed by atoms with E-state index in [4.69, 9.17) is 0 Å². The maximum Gasteiger partial charge on any atom is 0.121 e. The number of hydrogen-bond donors (Lipinski definition) is 2. The van der Waals surface area contributed by atoms with E-state index < -0.39 is 6.10 Å². The summed E-state index contributed by atoms with van der Waals surface area (Å²) in [6.45, 7) is 3.50. The molecule has 1 atom stereocenters. The van der Waals surface area contributed by atoms with Crippen molar-refractivity contribution in [3.05, 3.63) is 29.3 Å². The second-order valence-corrected chi connectivity index (χ2v) is 2.68. The van der Waals surface area contributed by atoms with Crippen molar-refractivity contribution in [2.45, 2.75) is 20.0 Å². The summed E-state index contributed by atoms with van der Waals surface area (Å²) in [5, 5.41) is 18.5. The van der Waals surface area contributed by atoms with Crippen LogP contribution < -0.4 is 0 Å². The first kappa shape index (κ1) is 8.08. The molecule has 0 fully saturated rings. The Hall–Kier alpha value is -1.02. The second kappa shape index (κ2) is 2.93. The van der Waals surface area contributed by atoms with Crippen molar-refractivity contribution < 1.29 is 10.2 Å². The first-order valence-corrected chi connectivity index (χ1v) is 3.59. The fourth-order valence-electron chi connectivity index (χ4n) is 1.21. The van der Waals surface area contributed by atoms with Crippen LogP contribution in [0.1, 0.15) is 24.2 Å². The SMILES string of the molecule is Cc1cccc(O)c1[C@@H](C)O. The quantitative estimate of drug-likeness (QED) is 0.643. The number of rotatable bonds is 1. The van der Waals surface area contributed by atoms with E-state index >= 15 is 0 Å². The topological polar surface area (TPSA) is 40.5 Å². The number of aliphatic hydroxyl groups excluding tert-OH is 1. The molecule has 0 bridgehead atoms. The smallest absolute Gasteiger partial charge is 0.121 e. The molecule has 1 rings (SSSR count). The van der Waals surface area contributed by atoms with Gasteiger partial charge in [-0.1, -0.05) is 12.1 Å². The molecule has 2 N–H and O–H groups in total. The number of benzene rings is 1. The van der Waals surface area contributed by atoms with Crippen molar-refractivity contribution in [3.63, 3.8) is 0 Å². The van der Waals surface area contributed by atoms with Crippen LogP contribution in [-0.2, 0) is 0 Å². The van der Waals surface area contributed by atoms with Crippen molar-refractivity contribution in [1.29, 1.82) is 0 Å². The van der Waals surface area contributed by atoms with Gasteiger partial charge >= 0.3 is 0 Å². The number of phenolic OH excluding ortho intramolecular Hbond substituents is 1. The van der Waals surface area contributed by atoms with E-state index in [1.807, 2.05) is 13.0 Å². The predicted octanol–water partition coefficient (Wildman–Crippen LogP) is 1.75. The van der Waals surface area contributed by atoms with Gasteiger partial charge < -0.3 is 10.2 Å². The Morgan fingerprint density at radius 2 is 2.00 bits per heavy atom. The third-order valence-electron chi connectivity index (χ3n) is 1.72. The molecule has 1 aromatic carbocycles. The molecule has 11 heavy (non-hydrogen) atoms. The van der Waals surface area contributed by atoms with E-state index in [-0.39, 0.29) is 5.75 Å². The summed E-state index contributed by atoms with van der Waals surface area (Å²) >= 11 is 0. The molecule has 0 radical (unpaired) electrons. The molecule has 0 unspecified atom stereocenters. The van der Waals surface area contributed by atoms with E-state index in [0.29, 0.717) is 5.56 Å². The maximum absolute atomic E-state index is 9.30. The third-order valence-corrected chi connectivity index (χ3v) is 1.72. The van der Waals surface area contributed by atoms with Gasteiger partial charge in [0.2, 0.25) is 0 Å². The summed E-state index contributed by atoms with van der Waals surface area (Å²) in [6.07, 6.45) is -0.601. The van der Waals surface area contributed by atoms with Crippen LogP contribution in [0.5, 0.6) is 5.75 Å². The van der Waals surface area contributed by atoms with Gasteiger partial charge in [0.25, 0.3) is 0 Å². The largest absolute Gasteiger partial charge is 0.508 e. The van der Waals surface area contributed by atoms with Gasteiger partial charge in [0.05, 0.1) is 6.10 Å². The normalized spacial score (nSPS) is 13.0. The second-order valence-electron chi connectivity index (χ2n) is 2.68. The molecule has 0 amide bonds. The number of hydrogen-bond acceptors (Lipinski definition) is 2. The lowest BCUT2D eigenvalue weighted by atomic mass is 10.0. The minimum Gasteiger partial charge on any atom is -0.508 e. The first-order chi connectivity index (χ1) is 5.13. The van der Waals surface area contributed by atoms with Crippen molar-refractivity contribution in [3.8, 4) is 5.75 Å². The highest BCUT2D eigenvalue weighted by Crippen LogP contribution is 2.26. The summed E-state index contributed by atoms with van der Waals surface area (Å²) in [4.78, 5) is 0. The van der Waals surface area contributed by atoms with Gasteiger partial charge in [0.1, 0.15) is 5.75 Å². The zero-order valence-electron chi connectivity index (χ0n) is 6.70. The minimum atomic E-state index is -0.601. The molecule has 0 heterocycles. The number of aliphatic hydroxyl groups is 1. The van der Waals surface area contributed by atoms with Crippen LogP contribution in [0, 0.1) is 6.92 Å². The Morgan fingerprint density at radius 3 is 2.36 bits per heavy atom. The maximum atomic E-state index is 9.30. The van der Waals surface area contributed by atoms with E-state index in [2.05, 4.69) is 0 Å². The first-order valence-electron chi connectivity index (χ1n) is 3.59. The van der Waals surface area contributed by atoms with Crippen LogP contribution in [0.3, 0.4) is 0 Å². The van der Waals surface area contributed by atoms with Crippen molar-refractivity contribution in [1.82, 2.24) is 0 Å². The molecule has 0 saturated heterocycles. The van der Waals surface area contributed by atoms with Gasteiger partial charge in [0, 0.05) is 5.56 Å². The molecule has 0 aliphatic rings. The van der Waals surface area contributed by atoms with E-state index in [1.165, 1.54) is 0 Å². The van der Waals surface area contributed by atoms with Gasteiger partial charge in [-0.25, -0.2) is 0 Å². The Balaban J connectivity index is 3.21. The van der Waals surface area contributed by atoms with E-state index in [9.17, 15) is 10.2 Å². The van der Waals surface area contributed by atoms with Crippen molar-refractivity contribution in [2.24, 2.45) is 0 Å². The van der Waals surface area contributed by atoms with Gasteiger partial charge in [-0.15, -0.1) is 0 Å². The zero-order valence-corrected chi connectivity index (χ0v) is 6.70. The minimum absolute atomic E-state index is 0.167. The molecule has 2 nitrogen and oxygen atoms in total. The Labute approximate surface area is 66.1 Å². The highest BCUT2D eigenvalue weighted by Gasteiger charge is 2.08. The molecule has 0 spiro atoms. The zero-order chi connectivity index (χ0) is 8.43. The third kappa shape index (κ3) is 1.52. The predicted molar refractivity (Wildman–Crippen MR) is 43.5 cm³/mol. The monoisotopic (exact) mass is 152 g/mol. The van der Waals surface area contributed by atoms with Crippen LogP contribution in [0.15, 0.2) is 18.2 Å². The lowest BCUT2D eigenvalue weighted by molar-refractivity contribution is 0.194. The van der Waals surface area contributed by atoms with Crippen LogP contribution >= 0.6 is 0 Å². The summed E-state index contributed by atoms with van der Waals surface area (Å²) in [6, 6.07) is 5.20. The number of phenols is 1. The fraction of sp³-hybridized carbons (Fsp3) is 0.333. The number of aromatic hydroxyl groups is 1. The van der Waals surface area contributed by atoms with Crippen molar-refractivity contribution >= 4 is 0 Å². The average Bonchev–Trinajstić information content (AvgIpc) is 1.85. The van der Waals surface area contributed by atoms with Crippen molar-refractivity contribution in [2.75, 3.05) is 0 Å². The molecule has 60 valence electrons. The van der Waals surface area contributed by atoms with Gasteiger partial charge in [0.15, 0.2) is 0 Å². The lowest BCUT2D eigenvalue weighted by Gasteiger charge is -2.09. The molecule has 0 saturated carbocycles. The van der Waals surface area contributed by atoms with Crippen LogP contribution in [0.4, 0.5) is 0 Å². The summed E-state index contributed by atoms with van der Waals surface area (Å²) in [5.74, 6) is 0.167. The Kier molecular flexibility index (Phi) is 2.15. The highest BCUT2D eigenvalue weighted by atomic mass is 16.3. The van der Waals surface area contributed by atoms with Crippen LogP contribution in [0.25, 0.3) is 0 Å². The molecular formula is C9H12O2. The summed E-state index contributed by atoms with van der Waals surface area (Å²) in [5.41, 5.74) is 1.53. The Morgan fingerprint density at radius 1 is 1.36 bits per heavy atom. The molecular weight excluding hydrogens is 140 g/mol. The molecule has 1 aromatic rings. The fourth-order valence-corrected chi connectivity index (χ4v) is 1.21. The van der Waals surface area contributed by atoms with E-state index in [1.54, 1.807) is 19.1 Å². The molecule has 2 heteroatoms. The van der Waals surface area contributed by atoms with E-state index in [0.717, 1.165) is 5.56 Å². The summed E-state index contributed by atoms with van der Waals surface area (Å²) in [7, 11) is 0. The standard InChI is InChI=1S/C9H12O2/c1-6-4-3-5-8(11)9(6)7(2)10/h3-5,7,10-11H,1-2H3/t7-/m1/s1. The summed E-state index contributed by atoms with van der Waals surface area (Å²) < 4.78 is 0. The van der Waals surface area contributed by atoms with Gasteiger partial charge in [-0.05, 0) is 25.5 Å². The number of aryl methyl sites for hydroxylation is 1. The average molecular weight is 152 g/mol. The highest BCUT2D eigenvalue weighted by molar-refractivity contribution is 5.39. The van der Waals surface area contributed by atoms with Gasteiger partial charge in [-0.2, -0.15) is 0 Å². The van der Waals surface area contributed by atoms with Gasteiger partial charge in [-0.3, -0.25) is 0 Å². The Bertz CT molecular complexity index is 233.